The summed E-state index contributed by atoms with van der Waals surface area (Å²) in [4.78, 5) is 3.80. The molecule has 0 amide bonds. The fourth-order valence-corrected chi connectivity index (χ4v) is 1.27. The average molecular weight is 202 g/mol. The van der Waals surface area contributed by atoms with Gasteiger partial charge in [0, 0.05) is 18.1 Å². The lowest BCUT2D eigenvalue weighted by Crippen LogP contribution is -2.28. The lowest BCUT2D eigenvalue weighted by molar-refractivity contribution is 0.877. The summed E-state index contributed by atoms with van der Waals surface area (Å²) < 4.78 is 1.39. The molecule has 0 spiro atoms. The monoisotopic (exact) mass is 202 g/mol. The molecule has 0 atom stereocenters. The second kappa shape index (κ2) is 3.49. The van der Waals surface area contributed by atoms with E-state index in [4.69, 9.17) is 10.8 Å². The van der Waals surface area contributed by atoms with E-state index in [1.165, 1.54) is 10.8 Å². The van der Waals surface area contributed by atoms with Gasteiger partial charge in [-0.2, -0.15) is 5.10 Å². The topological polar surface area (TPSA) is 94.2 Å². The molecule has 2 rings (SSSR count). The summed E-state index contributed by atoms with van der Waals surface area (Å²) >= 11 is 0. The number of nitrogens with zero attached hydrogens (tertiary/aromatic N) is 3. The summed E-state index contributed by atoms with van der Waals surface area (Å²) in [6, 6.07) is 1.68. The molecule has 3 N–H and O–H groups in total. The van der Waals surface area contributed by atoms with Crippen LogP contribution in [0.2, 0.25) is 0 Å². The first-order valence-corrected chi connectivity index (χ1v) is 4.37. The van der Waals surface area contributed by atoms with Gasteiger partial charge in [-0.15, -0.1) is 0 Å². The molecule has 0 aliphatic heterocycles. The van der Waals surface area contributed by atoms with Gasteiger partial charge in [0.1, 0.15) is 5.84 Å². The Kier molecular flexibility index (Phi) is 2.17. The van der Waals surface area contributed by atoms with Gasteiger partial charge in [-0.05, 0) is 13.0 Å². The smallest absolute Gasteiger partial charge is 0.227 e. The first-order chi connectivity index (χ1) is 7.20. The third kappa shape index (κ3) is 1.56. The minimum Gasteiger partial charge on any atom is -0.283 e. The van der Waals surface area contributed by atoms with E-state index in [0.29, 0.717) is 5.56 Å². The molecular weight excluding hydrogens is 192 g/mol. The van der Waals surface area contributed by atoms with Gasteiger partial charge in [0.2, 0.25) is 5.62 Å². The maximum atomic E-state index is 7.91. The van der Waals surface area contributed by atoms with Crippen LogP contribution in [0, 0.1) is 17.7 Å². The van der Waals surface area contributed by atoms with Gasteiger partial charge in [-0.25, -0.2) is 4.98 Å². The van der Waals surface area contributed by atoms with Gasteiger partial charge in [0.15, 0.2) is 0 Å². The van der Waals surface area contributed by atoms with E-state index >= 15 is 0 Å². The van der Waals surface area contributed by atoms with Crippen molar-refractivity contribution in [3.63, 3.8) is 0 Å². The Hall–Kier alpha value is -2.24. The summed E-state index contributed by atoms with van der Waals surface area (Å²) in [7, 11) is 0. The van der Waals surface area contributed by atoms with Crippen LogP contribution >= 0.6 is 0 Å². The highest BCUT2D eigenvalue weighted by Crippen LogP contribution is 2.03. The zero-order valence-electron chi connectivity index (χ0n) is 8.15. The summed E-state index contributed by atoms with van der Waals surface area (Å²) in [5.41, 5.74) is 1.50. The number of hydrogen-bond donors (Lipinski definition) is 3. The lowest BCUT2D eigenvalue weighted by Gasteiger charge is -2.05. The summed E-state index contributed by atoms with van der Waals surface area (Å²) in [6.45, 7) is 1.83. The number of aromatic nitrogens is 4. The third-order valence-corrected chi connectivity index (χ3v) is 2.07. The van der Waals surface area contributed by atoms with Gasteiger partial charge >= 0.3 is 0 Å². The number of nitrogens with one attached hydrogen (secondary N) is 3. The maximum absolute atomic E-state index is 7.91. The summed E-state index contributed by atoms with van der Waals surface area (Å²) in [5, 5.41) is 22.1. The predicted octanol–water partition coefficient (Wildman–Crippen LogP) is 0.268. The van der Waals surface area contributed by atoms with Crippen molar-refractivity contribution in [2.24, 2.45) is 0 Å². The van der Waals surface area contributed by atoms with E-state index < -0.39 is 0 Å². The van der Waals surface area contributed by atoms with Crippen LogP contribution in [0.1, 0.15) is 11.3 Å². The Morgan fingerprint density at radius 2 is 2.33 bits per heavy atom. The Morgan fingerprint density at radius 3 is 2.93 bits per heavy atom. The molecule has 2 aromatic heterocycles. The molecule has 6 nitrogen and oxygen atoms in total. The van der Waals surface area contributed by atoms with Crippen molar-refractivity contribution < 1.29 is 0 Å². The van der Waals surface area contributed by atoms with E-state index in [1.807, 2.05) is 6.92 Å². The molecule has 6 heteroatoms. The fraction of sp³-hybridized carbons (Fsp3) is 0.111. The van der Waals surface area contributed by atoms with Crippen LogP contribution < -0.4 is 5.62 Å². The van der Waals surface area contributed by atoms with Crippen molar-refractivity contribution in [2.45, 2.75) is 6.92 Å². The van der Waals surface area contributed by atoms with Crippen LogP contribution in [0.4, 0.5) is 0 Å². The average Bonchev–Trinajstić information content (AvgIpc) is 2.64. The van der Waals surface area contributed by atoms with Crippen LogP contribution in [0.15, 0.2) is 24.7 Å². The normalized spacial score (nSPS) is 10.2. The van der Waals surface area contributed by atoms with Crippen molar-refractivity contribution in [1.82, 2.24) is 19.7 Å². The fourth-order valence-electron chi connectivity index (χ4n) is 1.27. The van der Waals surface area contributed by atoms with Crippen molar-refractivity contribution in [3.05, 3.63) is 41.5 Å². The molecule has 76 valence electrons. The van der Waals surface area contributed by atoms with Crippen LogP contribution in [-0.4, -0.2) is 25.6 Å². The van der Waals surface area contributed by atoms with E-state index in [-0.39, 0.29) is 11.5 Å². The first-order valence-electron chi connectivity index (χ1n) is 4.37. The second-order valence-corrected chi connectivity index (χ2v) is 3.07. The molecule has 0 radical (unpaired) electrons. The second-order valence-electron chi connectivity index (χ2n) is 3.07. The van der Waals surface area contributed by atoms with Gasteiger partial charge in [-0.3, -0.25) is 20.5 Å². The van der Waals surface area contributed by atoms with E-state index in [9.17, 15) is 0 Å². The molecule has 0 bridgehead atoms. The molecule has 2 heterocycles. The zero-order chi connectivity index (χ0) is 10.8. The van der Waals surface area contributed by atoms with Crippen molar-refractivity contribution in [1.29, 1.82) is 10.8 Å². The molecular formula is C9H10N6. The van der Waals surface area contributed by atoms with E-state index in [2.05, 4.69) is 15.2 Å². The Bertz CT molecular complexity index is 549. The number of H-pyrrole nitrogens is 1. The lowest BCUT2D eigenvalue weighted by atomic mass is 10.2. The highest BCUT2D eigenvalue weighted by Gasteiger charge is 2.08. The number of hydrogen-bond acceptors (Lipinski definition) is 4. The van der Waals surface area contributed by atoms with Crippen LogP contribution in [0.3, 0.4) is 0 Å². The molecule has 0 unspecified atom stereocenters. The minimum atomic E-state index is 0.0306. The Labute approximate surface area is 85.6 Å². The van der Waals surface area contributed by atoms with E-state index in [1.54, 1.807) is 18.5 Å². The third-order valence-electron chi connectivity index (χ3n) is 2.07. The number of aromatic amines is 1. The van der Waals surface area contributed by atoms with Crippen LogP contribution in [-0.2, 0) is 0 Å². The molecule has 0 aromatic carbocycles. The quantitative estimate of drug-likeness (QED) is 0.457. The largest absolute Gasteiger partial charge is 0.283 e. The number of aryl methyl sites for hydroxylation is 1. The highest BCUT2D eigenvalue weighted by atomic mass is 15.1. The maximum Gasteiger partial charge on any atom is 0.227 e. The van der Waals surface area contributed by atoms with Gasteiger partial charge in [0.25, 0.3) is 0 Å². The van der Waals surface area contributed by atoms with Crippen LogP contribution in [0.5, 0.6) is 0 Å². The standard InChI is InChI=1S/C9H10N6/c1-6-7(5-13-14-6)8(10)15-4-2-3-12-9(15)11/h2-5,10-11H,1H3,(H,13,14). The molecule has 0 saturated heterocycles. The molecule has 2 aromatic rings. The summed E-state index contributed by atoms with van der Waals surface area (Å²) in [5.74, 6) is 0.194. The molecule has 15 heavy (non-hydrogen) atoms. The first kappa shape index (κ1) is 9.32. The Balaban J connectivity index is 2.51. The number of rotatable bonds is 1. The Morgan fingerprint density at radius 1 is 1.53 bits per heavy atom. The van der Waals surface area contributed by atoms with Crippen molar-refractivity contribution in [2.75, 3.05) is 0 Å². The van der Waals surface area contributed by atoms with Crippen molar-refractivity contribution in [3.8, 4) is 0 Å². The van der Waals surface area contributed by atoms with Crippen LogP contribution in [0.25, 0.3) is 0 Å². The molecule has 0 aliphatic carbocycles. The van der Waals surface area contributed by atoms with Crippen molar-refractivity contribution >= 4 is 5.84 Å². The van der Waals surface area contributed by atoms with E-state index in [0.717, 1.165) is 5.69 Å². The predicted molar refractivity (Wildman–Crippen MR) is 53.6 cm³/mol. The van der Waals surface area contributed by atoms with Gasteiger partial charge < -0.3 is 0 Å². The SMILES string of the molecule is Cc1[nH]ncc1C(=N)n1cccnc1=N. The molecule has 0 fully saturated rings. The van der Waals surface area contributed by atoms with Gasteiger partial charge in [0.05, 0.1) is 11.8 Å². The molecule has 0 saturated carbocycles. The minimum absolute atomic E-state index is 0.0306. The summed E-state index contributed by atoms with van der Waals surface area (Å²) in [6.07, 6.45) is 4.72. The zero-order valence-corrected chi connectivity index (χ0v) is 8.15. The molecule has 0 aliphatic rings. The van der Waals surface area contributed by atoms with Gasteiger partial charge in [-0.1, -0.05) is 0 Å². The highest BCUT2D eigenvalue weighted by molar-refractivity contribution is 5.98.